The molecule has 0 saturated carbocycles. The number of hydrogen-bond donors (Lipinski definition) is 3. The summed E-state index contributed by atoms with van der Waals surface area (Å²) in [7, 11) is 0. The van der Waals surface area contributed by atoms with Gasteiger partial charge in [-0.3, -0.25) is 0 Å². The van der Waals surface area contributed by atoms with E-state index < -0.39 is 0 Å². The minimum Gasteiger partial charge on any atom is -0.494 e. The Morgan fingerprint density at radius 3 is 2.37 bits per heavy atom. The molecular formula is C15H26N2O2. The molecule has 0 radical (unpaired) electrons. The molecule has 0 aliphatic carbocycles. The van der Waals surface area contributed by atoms with E-state index in [0.29, 0.717) is 19.6 Å². The summed E-state index contributed by atoms with van der Waals surface area (Å²) in [5.74, 6) is 0.874. The minimum absolute atomic E-state index is 0.101. The van der Waals surface area contributed by atoms with Crippen molar-refractivity contribution in [1.29, 1.82) is 0 Å². The van der Waals surface area contributed by atoms with Crippen LogP contribution in [0.5, 0.6) is 5.75 Å². The van der Waals surface area contributed by atoms with Crippen molar-refractivity contribution in [3.63, 3.8) is 0 Å². The lowest BCUT2D eigenvalue weighted by Gasteiger charge is -2.23. The van der Waals surface area contributed by atoms with E-state index in [1.165, 1.54) is 0 Å². The number of aliphatic hydroxyl groups excluding tert-OH is 1. The largest absolute Gasteiger partial charge is 0.494 e. The van der Waals surface area contributed by atoms with Crippen molar-refractivity contribution in [3.8, 4) is 5.75 Å². The van der Waals surface area contributed by atoms with E-state index in [-0.39, 0.29) is 18.2 Å². The zero-order chi connectivity index (χ0) is 14.3. The molecule has 0 bridgehead atoms. The third kappa shape index (κ3) is 5.59. The van der Waals surface area contributed by atoms with Crippen molar-refractivity contribution in [3.05, 3.63) is 29.8 Å². The molecule has 0 aliphatic rings. The van der Waals surface area contributed by atoms with Gasteiger partial charge in [-0.15, -0.1) is 0 Å². The van der Waals surface area contributed by atoms with Crippen LogP contribution < -0.4 is 15.8 Å². The summed E-state index contributed by atoms with van der Waals surface area (Å²) in [4.78, 5) is 0. The number of nitrogens with two attached hydrogens (primary N) is 1. The molecule has 4 nitrogen and oxygen atoms in total. The molecule has 0 fully saturated rings. The maximum Gasteiger partial charge on any atom is 0.119 e. The number of rotatable bonds is 8. The summed E-state index contributed by atoms with van der Waals surface area (Å²) in [6.45, 7) is 7.02. The fraction of sp³-hybridized carbons (Fsp3) is 0.600. The van der Waals surface area contributed by atoms with Crippen LogP contribution in [0.2, 0.25) is 0 Å². The van der Waals surface area contributed by atoms with Crippen LogP contribution in [0.25, 0.3) is 0 Å². The SMILES string of the molecule is CCOc1ccc(C(CN)NC(C)CC(C)O)cc1. The second-order valence-corrected chi connectivity index (χ2v) is 4.94. The van der Waals surface area contributed by atoms with Crippen LogP contribution in [0.1, 0.15) is 38.8 Å². The van der Waals surface area contributed by atoms with Crippen LogP contribution in [0.15, 0.2) is 24.3 Å². The zero-order valence-corrected chi connectivity index (χ0v) is 12.1. The summed E-state index contributed by atoms with van der Waals surface area (Å²) in [5.41, 5.74) is 6.97. The second kappa shape index (κ2) is 8.15. The Morgan fingerprint density at radius 2 is 1.89 bits per heavy atom. The molecule has 4 heteroatoms. The van der Waals surface area contributed by atoms with Crippen LogP contribution >= 0.6 is 0 Å². The third-order valence-corrected chi connectivity index (χ3v) is 3.01. The first-order valence-corrected chi connectivity index (χ1v) is 6.93. The Labute approximate surface area is 116 Å². The predicted octanol–water partition coefficient (Wildman–Crippen LogP) is 1.83. The molecule has 1 aromatic rings. The van der Waals surface area contributed by atoms with Crippen LogP contribution in [0, 0.1) is 0 Å². The highest BCUT2D eigenvalue weighted by molar-refractivity contribution is 5.29. The molecule has 3 atom stereocenters. The van der Waals surface area contributed by atoms with Crippen LogP contribution in [0.4, 0.5) is 0 Å². The molecule has 0 amide bonds. The van der Waals surface area contributed by atoms with E-state index in [2.05, 4.69) is 12.2 Å². The van der Waals surface area contributed by atoms with Gasteiger partial charge in [0.25, 0.3) is 0 Å². The van der Waals surface area contributed by atoms with E-state index in [0.717, 1.165) is 11.3 Å². The highest BCUT2D eigenvalue weighted by atomic mass is 16.5. The third-order valence-electron chi connectivity index (χ3n) is 3.01. The molecule has 1 aromatic carbocycles. The first-order chi connectivity index (χ1) is 9.06. The second-order valence-electron chi connectivity index (χ2n) is 4.94. The first kappa shape index (κ1) is 16.0. The topological polar surface area (TPSA) is 67.5 Å². The lowest BCUT2D eigenvalue weighted by molar-refractivity contribution is 0.168. The summed E-state index contributed by atoms with van der Waals surface area (Å²) in [5, 5.41) is 12.8. The minimum atomic E-state index is -0.304. The Kier molecular flexibility index (Phi) is 6.84. The van der Waals surface area contributed by atoms with Crippen molar-refractivity contribution in [2.75, 3.05) is 13.2 Å². The van der Waals surface area contributed by atoms with Gasteiger partial charge in [0.1, 0.15) is 5.75 Å². The average molecular weight is 266 g/mol. The summed E-state index contributed by atoms with van der Waals surface area (Å²) in [6, 6.07) is 8.31. The zero-order valence-electron chi connectivity index (χ0n) is 12.1. The molecule has 0 heterocycles. The predicted molar refractivity (Wildman–Crippen MR) is 78.3 cm³/mol. The molecular weight excluding hydrogens is 240 g/mol. The van der Waals surface area contributed by atoms with Gasteiger partial charge in [0.2, 0.25) is 0 Å². The quantitative estimate of drug-likeness (QED) is 0.671. The summed E-state index contributed by atoms with van der Waals surface area (Å²) in [6.07, 6.45) is 0.411. The Balaban J connectivity index is 2.63. The Morgan fingerprint density at radius 1 is 1.26 bits per heavy atom. The molecule has 108 valence electrons. The maximum absolute atomic E-state index is 9.39. The van der Waals surface area contributed by atoms with Crippen LogP contribution in [0.3, 0.4) is 0 Å². The Bertz CT molecular complexity index is 352. The summed E-state index contributed by atoms with van der Waals surface area (Å²) >= 11 is 0. The lowest BCUT2D eigenvalue weighted by Crippen LogP contribution is -2.36. The normalized spacial score (nSPS) is 15.8. The highest BCUT2D eigenvalue weighted by Gasteiger charge is 2.14. The smallest absolute Gasteiger partial charge is 0.119 e. The van der Waals surface area contributed by atoms with Gasteiger partial charge in [-0.2, -0.15) is 0 Å². The van der Waals surface area contributed by atoms with Crippen molar-refractivity contribution < 1.29 is 9.84 Å². The molecule has 0 aromatic heterocycles. The van der Waals surface area contributed by atoms with Gasteiger partial charge in [-0.1, -0.05) is 12.1 Å². The van der Waals surface area contributed by atoms with Gasteiger partial charge in [0.05, 0.1) is 12.7 Å². The van der Waals surface area contributed by atoms with Gasteiger partial charge in [0, 0.05) is 18.6 Å². The molecule has 1 rings (SSSR count). The first-order valence-electron chi connectivity index (χ1n) is 6.93. The fourth-order valence-corrected chi connectivity index (χ4v) is 2.19. The summed E-state index contributed by atoms with van der Waals surface area (Å²) < 4.78 is 5.42. The number of benzene rings is 1. The molecule has 0 saturated heterocycles. The van der Waals surface area contributed by atoms with Crippen molar-refractivity contribution >= 4 is 0 Å². The van der Waals surface area contributed by atoms with Crippen molar-refractivity contribution in [2.45, 2.75) is 45.4 Å². The number of nitrogens with one attached hydrogen (secondary N) is 1. The Hall–Kier alpha value is -1.10. The number of aliphatic hydroxyl groups is 1. The van der Waals surface area contributed by atoms with Gasteiger partial charge >= 0.3 is 0 Å². The van der Waals surface area contributed by atoms with E-state index >= 15 is 0 Å². The van der Waals surface area contributed by atoms with Crippen LogP contribution in [-0.4, -0.2) is 30.4 Å². The average Bonchev–Trinajstić information content (AvgIpc) is 2.36. The molecule has 4 N–H and O–H groups in total. The van der Waals surface area contributed by atoms with E-state index in [9.17, 15) is 5.11 Å². The van der Waals surface area contributed by atoms with Gasteiger partial charge in [0.15, 0.2) is 0 Å². The van der Waals surface area contributed by atoms with Crippen molar-refractivity contribution in [1.82, 2.24) is 5.32 Å². The molecule has 0 aliphatic heterocycles. The standard InChI is InChI=1S/C15H26N2O2/c1-4-19-14-7-5-13(6-8-14)15(10-16)17-11(2)9-12(3)18/h5-8,11-12,15,17-18H,4,9-10,16H2,1-3H3. The van der Waals surface area contributed by atoms with Gasteiger partial charge in [-0.05, 0) is 44.9 Å². The number of hydrogen-bond acceptors (Lipinski definition) is 4. The van der Waals surface area contributed by atoms with E-state index in [1.807, 2.05) is 31.2 Å². The maximum atomic E-state index is 9.39. The lowest BCUT2D eigenvalue weighted by atomic mass is 10.0. The van der Waals surface area contributed by atoms with Crippen molar-refractivity contribution in [2.24, 2.45) is 5.73 Å². The van der Waals surface area contributed by atoms with E-state index in [1.54, 1.807) is 6.92 Å². The molecule has 3 unspecified atom stereocenters. The van der Waals surface area contributed by atoms with E-state index in [4.69, 9.17) is 10.5 Å². The molecule has 19 heavy (non-hydrogen) atoms. The highest BCUT2D eigenvalue weighted by Crippen LogP contribution is 2.18. The number of ether oxygens (including phenoxy) is 1. The van der Waals surface area contributed by atoms with Crippen LogP contribution in [-0.2, 0) is 0 Å². The fourth-order valence-electron chi connectivity index (χ4n) is 2.19. The monoisotopic (exact) mass is 266 g/mol. The molecule has 0 spiro atoms. The van der Waals surface area contributed by atoms with Gasteiger partial charge in [-0.25, -0.2) is 0 Å². The van der Waals surface area contributed by atoms with Gasteiger partial charge < -0.3 is 20.9 Å².